The second-order valence-electron chi connectivity index (χ2n) is 4.65. The number of thiazole rings is 1. The number of aryl methyl sites for hydroxylation is 1. The highest BCUT2D eigenvalue weighted by Gasteiger charge is 2.02. The van der Waals surface area contributed by atoms with Gasteiger partial charge in [-0.1, -0.05) is 6.92 Å². The molecule has 2 N–H and O–H groups in total. The van der Waals surface area contributed by atoms with Crippen molar-refractivity contribution in [3.05, 3.63) is 36.0 Å². The van der Waals surface area contributed by atoms with E-state index in [1.807, 2.05) is 17.5 Å². The molecule has 128 valence electrons. The molecule has 0 aliphatic carbocycles. The molecule has 0 aliphatic rings. The molecule has 0 saturated carbocycles. The lowest BCUT2D eigenvalue weighted by molar-refractivity contribution is 0.804. The molecule has 0 bridgehead atoms. The first-order chi connectivity index (χ1) is 10.7. The highest BCUT2D eigenvalue weighted by molar-refractivity contribution is 14.1. The zero-order chi connectivity index (χ0) is 15.8. The Morgan fingerprint density at radius 2 is 2.04 bits per heavy atom. The van der Waals surface area contributed by atoms with E-state index in [0.29, 0.717) is 6.54 Å². The first kappa shape index (κ1) is 21.1. The predicted octanol–water partition coefficient (Wildman–Crippen LogP) is 4.29. The Bertz CT molecular complexity index is 610. The van der Waals surface area contributed by atoms with E-state index in [4.69, 9.17) is 0 Å². The summed E-state index contributed by atoms with van der Waals surface area (Å²) in [4.78, 5) is 11.7. The van der Waals surface area contributed by atoms with Crippen LogP contribution in [0.25, 0.3) is 0 Å². The number of halogens is 2. The summed E-state index contributed by atoms with van der Waals surface area (Å²) in [6.07, 6.45) is 4.02. The number of nitrogens with zero attached hydrogens (tertiary/aromatic N) is 2. The van der Waals surface area contributed by atoms with Crippen molar-refractivity contribution < 1.29 is 0 Å². The van der Waals surface area contributed by atoms with E-state index in [9.17, 15) is 0 Å². The number of nitrogens with one attached hydrogen (secondary N) is 2. The van der Waals surface area contributed by atoms with Gasteiger partial charge in [-0.3, -0.25) is 0 Å². The van der Waals surface area contributed by atoms with Gasteiger partial charge in [0.25, 0.3) is 0 Å². The zero-order valence-electron chi connectivity index (χ0n) is 13.3. The number of hydrogen-bond donors (Lipinski definition) is 2. The van der Waals surface area contributed by atoms with Crippen LogP contribution in [0, 0.1) is 2.88 Å². The van der Waals surface area contributed by atoms with E-state index in [0.717, 1.165) is 36.9 Å². The van der Waals surface area contributed by atoms with Gasteiger partial charge >= 0.3 is 0 Å². The molecule has 2 rings (SSSR count). The van der Waals surface area contributed by atoms with E-state index in [2.05, 4.69) is 69.2 Å². The van der Waals surface area contributed by atoms with Gasteiger partial charge in [0, 0.05) is 29.0 Å². The third kappa shape index (κ3) is 7.65. The summed E-state index contributed by atoms with van der Waals surface area (Å²) in [7, 11) is 0. The van der Waals surface area contributed by atoms with E-state index >= 15 is 0 Å². The molecule has 0 saturated heterocycles. The van der Waals surface area contributed by atoms with E-state index in [1.165, 1.54) is 12.6 Å². The van der Waals surface area contributed by atoms with Crippen LogP contribution in [0.5, 0.6) is 0 Å². The van der Waals surface area contributed by atoms with Crippen molar-refractivity contribution in [2.24, 2.45) is 4.99 Å². The van der Waals surface area contributed by atoms with Crippen LogP contribution in [-0.4, -0.2) is 24.0 Å². The van der Waals surface area contributed by atoms with Crippen molar-refractivity contribution in [2.75, 3.05) is 13.1 Å². The predicted molar refractivity (Wildman–Crippen MR) is 120 cm³/mol. The summed E-state index contributed by atoms with van der Waals surface area (Å²) in [5.41, 5.74) is 0. The van der Waals surface area contributed by atoms with Gasteiger partial charge in [0.05, 0.1) is 9.43 Å². The molecule has 0 atom stereocenters. The van der Waals surface area contributed by atoms with Gasteiger partial charge in [0.1, 0.15) is 5.01 Å². The lowest BCUT2D eigenvalue weighted by atomic mass is 10.3. The fourth-order valence-electron chi connectivity index (χ4n) is 1.86. The molecule has 0 aromatic carbocycles. The van der Waals surface area contributed by atoms with E-state index < -0.39 is 0 Å². The van der Waals surface area contributed by atoms with Gasteiger partial charge in [-0.2, -0.15) is 0 Å². The summed E-state index contributed by atoms with van der Waals surface area (Å²) >= 11 is 5.95. The van der Waals surface area contributed by atoms with Crippen LogP contribution in [0.1, 0.15) is 28.6 Å². The highest BCUT2D eigenvalue weighted by atomic mass is 127. The van der Waals surface area contributed by atoms with Crippen LogP contribution in [0.3, 0.4) is 0 Å². The molecule has 8 heteroatoms. The summed E-state index contributed by atoms with van der Waals surface area (Å²) in [5.74, 6) is 0.863. The van der Waals surface area contributed by atoms with E-state index in [1.54, 1.807) is 11.3 Å². The average Bonchev–Trinajstić information content (AvgIpc) is 3.13. The maximum Gasteiger partial charge on any atom is 0.191 e. The first-order valence-corrected chi connectivity index (χ1v) is 10.1. The molecule has 2 aromatic heterocycles. The average molecular weight is 576 g/mol. The largest absolute Gasteiger partial charge is 0.357 e. The minimum atomic E-state index is 0. The molecule has 4 nitrogen and oxygen atoms in total. The summed E-state index contributed by atoms with van der Waals surface area (Å²) in [6.45, 7) is 6.62. The van der Waals surface area contributed by atoms with Crippen molar-refractivity contribution in [1.29, 1.82) is 0 Å². The standard InChI is InChI=1S/C15H21IN4S2.HI/c1-3-11-9-19-14(22-11)10-20-15(17-4-2)18-8-7-12-5-6-13(16)21-12;/h5-6,9H,3-4,7-8,10H2,1-2H3,(H2,17,18,20);1H. The molecule has 2 heterocycles. The first-order valence-electron chi connectivity index (χ1n) is 7.41. The number of guanidine groups is 1. The molecular weight excluding hydrogens is 554 g/mol. The monoisotopic (exact) mass is 576 g/mol. The number of aliphatic imine (C=N–C) groups is 1. The van der Waals surface area contributed by atoms with Gasteiger partial charge < -0.3 is 10.6 Å². The van der Waals surface area contributed by atoms with Gasteiger partial charge in [-0.15, -0.1) is 46.7 Å². The van der Waals surface area contributed by atoms with Crippen LogP contribution in [0.15, 0.2) is 23.3 Å². The topological polar surface area (TPSA) is 49.3 Å². The molecule has 0 radical (unpaired) electrons. The Kier molecular flexibility index (Phi) is 10.6. The summed E-state index contributed by atoms with van der Waals surface area (Å²) in [5, 5.41) is 7.74. The normalized spacial score (nSPS) is 11.2. The Morgan fingerprint density at radius 3 is 2.65 bits per heavy atom. The highest BCUT2D eigenvalue weighted by Crippen LogP contribution is 2.18. The molecule has 0 fully saturated rings. The number of rotatable bonds is 7. The third-order valence-electron chi connectivity index (χ3n) is 2.96. The van der Waals surface area contributed by atoms with Crippen molar-refractivity contribution in [1.82, 2.24) is 15.6 Å². The Balaban J connectivity index is 0.00000264. The van der Waals surface area contributed by atoms with Crippen molar-refractivity contribution in [3.8, 4) is 0 Å². The quantitative estimate of drug-likeness (QED) is 0.294. The van der Waals surface area contributed by atoms with Crippen LogP contribution in [-0.2, 0) is 19.4 Å². The Hall–Kier alpha value is 0.0600. The molecular formula is C15H22I2N4S2. The third-order valence-corrected chi connectivity index (χ3v) is 6.04. The maximum absolute atomic E-state index is 4.61. The van der Waals surface area contributed by atoms with Gasteiger partial charge in [-0.05, 0) is 54.5 Å². The fourth-order valence-corrected chi connectivity index (χ4v) is 4.41. The Labute approximate surface area is 176 Å². The van der Waals surface area contributed by atoms with Crippen LogP contribution < -0.4 is 10.6 Å². The van der Waals surface area contributed by atoms with Crippen molar-refractivity contribution in [2.45, 2.75) is 33.2 Å². The van der Waals surface area contributed by atoms with Gasteiger partial charge in [-0.25, -0.2) is 9.98 Å². The molecule has 23 heavy (non-hydrogen) atoms. The lowest BCUT2D eigenvalue weighted by Gasteiger charge is -2.10. The molecule has 0 aliphatic heterocycles. The van der Waals surface area contributed by atoms with Crippen LogP contribution in [0.2, 0.25) is 0 Å². The van der Waals surface area contributed by atoms with Gasteiger partial charge in [0.15, 0.2) is 5.96 Å². The summed E-state index contributed by atoms with van der Waals surface area (Å²) in [6, 6.07) is 4.35. The Morgan fingerprint density at radius 1 is 1.22 bits per heavy atom. The summed E-state index contributed by atoms with van der Waals surface area (Å²) < 4.78 is 1.34. The number of aromatic nitrogens is 1. The molecule has 0 unspecified atom stereocenters. The molecule has 2 aromatic rings. The van der Waals surface area contributed by atoms with Crippen LogP contribution >= 0.6 is 69.2 Å². The molecule has 0 amide bonds. The zero-order valence-corrected chi connectivity index (χ0v) is 19.4. The van der Waals surface area contributed by atoms with Crippen molar-refractivity contribution >= 4 is 75.2 Å². The number of hydrogen-bond acceptors (Lipinski definition) is 4. The lowest BCUT2D eigenvalue weighted by Crippen LogP contribution is -2.38. The second kappa shape index (κ2) is 11.6. The van der Waals surface area contributed by atoms with Crippen molar-refractivity contribution in [3.63, 3.8) is 0 Å². The SMILES string of the molecule is CCNC(=NCc1ncc(CC)s1)NCCc1ccc(I)s1.I. The van der Waals surface area contributed by atoms with E-state index in [-0.39, 0.29) is 24.0 Å². The molecule has 0 spiro atoms. The maximum atomic E-state index is 4.61. The minimum Gasteiger partial charge on any atom is -0.357 e. The van der Waals surface area contributed by atoms with Gasteiger partial charge in [0.2, 0.25) is 0 Å². The smallest absolute Gasteiger partial charge is 0.191 e. The fraction of sp³-hybridized carbons (Fsp3) is 0.467. The van der Waals surface area contributed by atoms with Crippen LogP contribution in [0.4, 0.5) is 0 Å². The number of thiophene rings is 1. The second-order valence-corrected chi connectivity index (χ2v) is 8.91. The minimum absolute atomic E-state index is 0.